The van der Waals surface area contributed by atoms with Crippen LogP contribution < -0.4 is 0 Å². The van der Waals surface area contributed by atoms with Gasteiger partial charge in [-0.25, -0.2) is 4.79 Å². The number of aromatic nitrogens is 1. The summed E-state index contributed by atoms with van der Waals surface area (Å²) in [6.45, 7) is 3.75. The number of hydrogen-bond donors (Lipinski definition) is 1. The standard InChI is InChI=1S/C13H12BrNO2/c1-3-10-11(13(16)17)7(2)8-5-4-6-9(14)12(8)15-10/h4-6H,3H2,1-2H3,(H,16,17). The van der Waals surface area contributed by atoms with Crippen molar-refractivity contribution in [2.45, 2.75) is 20.3 Å². The Hall–Kier alpha value is -1.42. The molecule has 1 N–H and O–H groups in total. The zero-order valence-corrected chi connectivity index (χ0v) is 11.2. The normalized spacial score (nSPS) is 10.8. The molecule has 0 radical (unpaired) electrons. The SMILES string of the molecule is CCc1nc2c(Br)cccc2c(C)c1C(=O)O. The van der Waals surface area contributed by atoms with E-state index in [9.17, 15) is 9.90 Å². The summed E-state index contributed by atoms with van der Waals surface area (Å²) in [5.74, 6) is -0.909. The number of hydrogen-bond acceptors (Lipinski definition) is 2. The predicted octanol–water partition coefficient (Wildman–Crippen LogP) is 3.57. The van der Waals surface area contributed by atoms with Crippen LogP contribution in [0.5, 0.6) is 0 Å². The number of aryl methyl sites for hydroxylation is 2. The van der Waals surface area contributed by atoms with E-state index in [1.165, 1.54) is 0 Å². The van der Waals surface area contributed by atoms with Gasteiger partial charge in [-0.15, -0.1) is 0 Å². The van der Waals surface area contributed by atoms with E-state index >= 15 is 0 Å². The van der Waals surface area contributed by atoms with Gasteiger partial charge in [-0.05, 0) is 40.9 Å². The van der Waals surface area contributed by atoms with Gasteiger partial charge in [-0.3, -0.25) is 4.98 Å². The Labute approximate surface area is 108 Å². The highest BCUT2D eigenvalue weighted by molar-refractivity contribution is 9.10. The minimum atomic E-state index is -0.909. The van der Waals surface area contributed by atoms with Gasteiger partial charge in [0.2, 0.25) is 0 Å². The number of halogens is 1. The van der Waals surface area contributed by atoms with Gasteiger partial charge in [0.25, 0.3) is 0 Å². The van der Waals surface area contributed by atoms with E-state index in [1.807, 2.05) is 32.0 Å². The maximum atomic E-state index is 11.3. The lowest BCUT2D eigenvalue weighted by atomic mass is 10.0. The third-order valence-electron chi connectivity index (χ3n) is 2.85. The van der Waals surface area contributed by atoms with Crippen molar-refractivity contribution in [3.8, 4) is 0 Å². The topological polar surface area (TPSA) is 50.2 Å². The molecule has 0 aliphatic carbocycles. The fourth-order valence-electron chi connectivity index (χ4n) is 2.01. The van der Waals surface area contributed by atoms with Crippen LogP contribution in [0.15, 0.2) is 22.7 Å². The lowest BCUT2D eigenvalue weighted by Gasteiger charge is -2.11. The van der Waals surface area contributed by atoms with E-state index in [0.717, 1.165) is 20.9 Å². The van der Waals surface area contributed by atoms with Crippen LogP contribution in [0.1, 0.15) is 28.5 Å². The smallest absolute Gasteiger partial charge is 0.337 e. The van der Waals surface area contributed by atoms with Gasteiger partial charge >= 0.3 is 5.97 Å². The van der Waals surface area contributed by atoms with Crippen molar-refractivity contribution in [2.24, 2.45) is 0 Å². The first-order valence-electron chi connectivity index (χ1n) is 5.37. The molecule has 0 spiro atoms. The molecule has 1 aromatic carbocycles. The second-order valence-corrected chi connectivity index (χ2v) is 4.71. The third kappa shape index (κ3) is 1.93. The maximum Gasteiger partial charge on any atom is 0.337 e. The fourth-order valence-corrected chi connectivity index (χ4v) is 2.47. The summed E-state index contributed by atoms with van der Waals surface area (Å²) in [7, 11) is 0. The molecule has 17 heavy (non-hydrogen) atoms. The molecule has 0 unspecified atom stereocenters. The Kier molecular flexibility index (Phi) is 3.15. The van der Waals surface area contributed by atoms with Crippen molar-refractivity contribution < 1.29 is 9.90 Å². The van der Waals surface area contributed by atoms with Gasteiger partial charge in [0.15, 0.2) is 0 Å². The summed E-state index contributed by atoms with van der Waals surface area (Å²) in [5.41, 5.74) is 2.57. The Morgan fingerprint density at radius 1 is 1.47 bits per heavy atom. The maximum absolute atomic E-state index is 11.3. The zero-order chi connectivity index (χ0) is 12.6. The molecule has 0 aliphatic rings. The molecule has 4 heteroatoms. The average Bonchev–Trinajstić information content (AvgIpc) is 2.29. The molecule has 0 aliphatic heterocycles. The summed E-state index contributed by atoms with van der Waals surface area (Å²) in [5, 5.41) is 10.1. The van der Waals surface area contributed by atoms with E-state index in [2.05, 4.69) is 20.9 Å². The Morgan fingerprint density at radius 3 is 2.76 bits per heavy atom. The molecule has 0 saturated heterocycles. The number of carbonyl (C=O) groups is 1. The molecule has 0 fully saturated rings. The summed E-state index contributed by atoms with van der Waals surface area (Å²) in [6.07, 6.45) is 0.611. The van der Waals surface area contributed by atoms with Crippen LogP contribution in [0.4, 0.5) is 0 Å². The Bertz CT molecular complexity index is 608. The molecule has 1 aromatic heterocycles. The van der Waals surface area contributed by atoms with Crippen LogP contribution >= 0.6 is 15.9 Å². The van der Waals surface area contributed by atoms with Gasteiger partial charge in [-0.1, -0.05) is 19.1 Å². The fraction of sp³-hybridized carbons (Fsp3) is 0.231. The molecule has 0 saturated carbocycles. The monoisotopic (exact) mass is 293 g/mol. The van der Waals surface area contributed by atoms with Crippen molar-refractivity contribution in [2.75, 3.05) is 0 Å². The van der Waals surface area contributed by atoms with Crippen molar-refractivity contribution >= 4 is 32.8 Å². The van der Waals surface area contributed by atoms with E-state index in [1.54, 1.807) is 0 Å². The van der Waals surface area contributed by atoms with Crippen molar-refractivity contribution in [1.29, 1.82) is 0 Å². The van der Waals surface area contributed by atoms with Gasteiger partial charge in [0, 0.05) is 9.86 Å². The quantitative estimate of drug-likeness (QED) is 0.921. The van der Waals surface area contributed by atoms with Crippen molar-refractivity contribution in [3.05, 3.63) is 39.5 Å². The minimum Gasteiger partial charge on any atom is -0.478 e. The molecule has 3 nitrogen and oxygen atoms in total. The first kappa shape index (κ1) is 12.0. The van der Waals surface area contributed by atoms with Crippen LogP contribution in [0, 0.1) is 6.92 Å². The average molecular weight is 294 g/mol. The molecule has 1 heterocycles. The number of nitrogens with zero attached hydrogens (tertiary/aromatic N) is 1. The molecular formula is C13H12BrNO2. The van der Waals surface area contributed by atoms with Crippen molar-refractivity contribution in [3.63, 3.8) is 0 Å². The minimum absolute atomic E-state index is 0.332. The number of carboxylic acids is 1. The largest absolute Gasteiger partial charge is 0.478 e. The number of carboxylic acid groups (broad SMARTS) is 1. The highest BCUT2D eigenvalue weighted by Crippen LogP contribution is 2.28. The number of aromatic carboxylic acids is 1. The summed E-state index contributed by atoms with van der Waals surface area (Å²) in [6, 6.07) is 5.70. The van der Waals surface area contributed by atoms with Crippen molar-refractivity contribution in [1.82, 2.24) is 4.98 Å². The second-order valence-electron chi connectivity index (χ2n) is 3.85. The molecule has 0 bridgehead atoms. The molecule has 0 amide bonds. The Balaban J connectivity index is 2.93. The van der Waals surface area contributed by atoms with Gasteiger partial charge < -0.3 is 5.11 Å². The second kappa shape index (κ2) is 4.45. The van der Waals surface area contributed by atoms with Crippen LogP contribution in [0.25, 0.3) is 10.9 Å². The number of benzene rings is 1. The molecule has 0 atom stereocenters. The van der Waals surface area contributed by atoms with Crippen LogP contribution in [-0.2, 0) is 6.42 Å². The highest BCUT2D eigenvalue weighted by atomic mass is 79.9. The van der Waals surface area contributed by atoms with Gasteiger partial charge in [-0.2, -0.15) is 0 Å². The molecule has 88 valence electrons. The lowest BCUT2D eigenvalue weighted by Crippen LogP contribution is -2.08. The van der Waals surface area contributed by atoms with Crippen LogP contribution in [0.2, 0.25) is 0 Å². The lowest BCUT2D eigenvalue weighted by molar-refractivity contribution is 0.0694. The zero-order valence-electron chi connectivity index (χ0n) is 9.62. The van der Waals surface area contributed by atoms with E-state index < -0.39 is 5.97 Å². The Morgan fingerprint density at radius 2 is 2.18 bits per heavy atom. The van der Waals surface area contributed by atoms with Gasteiger partial charge in [0.05, 0.1) is 16.8 Å². The molecular weight excluding hydrogens is 282 g/mol. The van der Waals surface area contributed by atoms with Crippen LogP contribution in [0.3, 0.4) is 0 Å². The van der Waals surface area contributed by atoms with E-state index in [-0.39, 0.29) is 0 Å². The highest BCUT2D eigenvalue weighted by Gasteiger charge is 2.17. The molecule has 2 aromatic rings. The van der Waals surface area contributed by atoms with Crippen LogP contribution in [-0.4, -0.2) is 16.1 Å². The first-order valence-corrected chi connectivity index (χ1v) is 6.16. The summed E-state index contributed by atoms with van der Waals surface area (Å²) in [4.78, 5) is 15.7. The summed E-state index contributed by atoms with van der Waals surface area (Å²) < 4.78 is 0.893. The number of fused-ring (bicyclic) bond motifs is 1. The number of para-hydroxylation sites is 1. The van der Waals surface area contributed by atoms with Gasteiger partial charge in [0.1, 0.15) is 0 Å². The first-order chi connectivity index (χ1) is 8.06. The number of pyridine rings is 1. The van der Waals surface area contributed by atoms with E-state index in [0.29, 0.717) is 17.7 Å². The summed E-state index contributed by atoms with van der Waals surface area (Å²) >= 11 is 3.45. The third-order valence-corrected chi connectivity index (χ3v) is 3.49. The van der Waals surface area contributed by atoms with E-state index in [4.69, 9.17) is 0 Å². The predicted molar refractivity (Wildman–Crippen MR) is 70.5 cm³/mol. The molecule has 2 rings (SSSR count). The number of rotatable bonds is 2.